The van der Waals surface area contributed by atoms with Crippen LogP contribution in [-0.2, 0) is 6.42 Å². The molecule has 2 nitrogen and oxygen atoms in total. The summed E-state index contributed by atoms with van der Waals surface area (Å²) < 4.78 is 13.1. The molecule has 3 N–H and O–H groups in total. The van der Waals surface area contributed by atoms with E-state index in [1.54, 1.807) is 6.92 Å². The SMILES string of the molecule is Cc1cc(CCNCC(C)(C)CN)ccc1F. The summed E-state index contributed by atoms with van der Waals surface area (Å²) in [6.45, 7) is 8.56. The first-order valence-corrected chi connectivity index (χ1v) is 6.10. The summed E-state index contributed by atoms with van der Waals surface area (Å²) in [6.07, 6.45) is 0.918. The Balaban J connectivity index is 2.34. The molecule has 0 aliphatic rings. The third kappa shape index (κ3) is 4.84. The predicted octanol–water partition coefficient (Wildman–Crippen LogP) is 2.25. The summed E-state index contributed by atoms with van der Waals surface area (Å²) in [5, 5.41) is 3.39. The molecular weight excluding hydrogens is 215 g/mol. The zero-order chi connectivity index (χ0) is 12.9. The lowest BCUT2D eigenvalue weighted by Gasteiger charge is -2.22. The van der Waals surface area contributed by atoms with Crippen LogP contribution in [0, 0.1) is 18.2 Å². The number of hydrogen-bond acceptors (Lipinski definition) is 2. The Labute approximate surface area is 103 Å². The summed E-state index contributed by atoms with van der Waals surface area (Å²) >= 11 is 0. The summed E-state index contributed by atoms with van der Waals surface area (Å²) in [7, 11) is 0. The highest BCUT2D eigenvalue weighted by Gasteiger charge is 2.14. The number of benzene rings is 1. The number of rotatable bonds is 6. The van der Waals surface area contributed by atoms with E-state index in [1.807, 2.05) is 12.1 Å². The first kappa shape index (κ1) is 14.1. The molecule has 0 bridgehead atoms. The predicted molar refractivity (Wildman–Crippen MR) is 70.5 cm³/mol. The van der Waals surface area contributed by atoms with E-state index >= 15 is 0 Å². The molecule has 0 aromatic heterocycles. The van der Waals surface area contributed by atoms with Gasteiger partial charge in [-0.15, -0.1) is 0 Å². The third-order valence-electron chi connectivity index (χ3n) is 2.97. The average Bonchev–Trinajstić information content (AvgIpc) is 2.29. The monoisotopic (exact) mass is 238 g/mol. The number of aryl methyl sites for hydroxylation is 1. The van der Waals surface area contributed by atoms with Gasteiger partial charge in [0.2, 0.25) is 0 Å². The maximum Gasteiger partial charge on any atom is 0.126 e. The van der Waals surface area contributed by atoms with Crippen LogP contribution in [0.4, 0.5) is 4.39 Å². The Bertz CT molecular complexity index is 361. The van der Waals surface area contributed by atoms with E-state index in [9.17, 15) is 4.39 Å². The normalized spacial score (nSPS) is 11.8. The minimum Gasteiger partial charge on any atom is -0.330 e. The maximum absolute atomic E-state index is 13.1. The van der Waals surface area contributed by atoms with Crippen molar-refractivity contribution in [2.45, 2.75) is 27.2 Å². The second-order valence-electron chi connectivity index (χ2n) is 5.38. The summed E-state index contributed by atoms with van der Waals surface area (Å²) in [4.78, 5) is 0. The summed E-state index contributed by atoms with van der Waals surface area (Å²) in [5.41, 5.74) is 7.67. The standard InChI is InChI=1S/C14H23FN2/c1-11-8-12(4-5-13(11)15)6-7-17-10-14(2,3)9-16/h4-5,8,17H,6-7,9-10,16H2,1-3H3. The Morgan fingerprint density at radius 3 is 2.65 bits per heavy atom. The fraction of sp³-hybridized carbons (Fsp3) is 0.571. The van der Waals surface area contributed by atoms with Gasteiger partial charge in [-0.3, -0.25) is 0 Å². The zero-order valence-electron chi connectivity index (χ0n) is 11.0. The molecule has 1 aromatic carbocycles. The molecule has 0 saturated heterocycles. The molecule has 17 heavy (non-hydrogen) atoms. The first-order chi connectivity index (χ1) is 7.94. The fourth-order valence-electron chi connectivity index (χ4n) is 1.59. The molecule has 0 aliphatic heterocycles. The average molecular weight is 238 g/mol. The third-order valence-corrected chi connectivity index (χ3v) is 2.97. The molecule has 0 heterocycles. The van der Waals surface area contributed by atoms with Crippen LogP contribution in [0.3, 0.4) is 0 Å². The molecule has 0 aliphatic carbocycles. The van der Waals surface area contributed by atoms with Crippen LogP contribution in [-0.4, -0.2) is 19.6 Å². The number of hydrogen-bond donors (Lipinski definition) is 2. The second kappa shape index (κ2) is 6.12. The van der Waals surface area contributed by atoms with Crippen molar-refractivity contribution in [3.05, 3.63) is 35.1 Å². The Hall–Kier alpha value is -0.930. The summed E-state index contributed by atoms with van der Waals surface area (Å²) in [5.74, 6) is -0.133. The van der Waals surface area contributed by atoms with Gasteiger partial charge in [0, 0.05) is 6.54 Å². The van der Waals surface area contributed by atoms with Gasteiger partial charge >= 0.3 is 0 Å². The molecule has 1 aromatic rings. The molecule has 96 valence electrons. The highest BCUT2D eigenvalue weighted by atomic mass is 19.1. The van der Waals surface area contributed by atoms with Crippen LogP contribution in [0.15, 0.2) is 18.2 Å². The van der Waals surface area contributed by atoms with Crippen LogP contribution in [0.2, 0.25) is 0 Å². The Morgan fingerprint density at radius 1 is 1.35 bits per heavy atom. The number of nitrogens with one attached hydrogen (secondary N) is 1. The quantitative estimate of drug-likeness (QED) is 0.746. The second-order valence-corrected chi connectivity index (χ2v) is 5.38. The van der Waals surface area contributed by atoms with Crippen molar-refractivity contribution in [2.24, 2.45) is 11.1 Å². The molecule has 3 heteroatoms. The van der Waals surface area contributed by atoms with E-state index in [-0.39, 0.29) is 11.2 Å². The smallest absolute Gasteiger partial charge is 0.126 e. The lowest BCUT2D eigenvalue weighted by molar-refractivity contribution is 0.353. The van der Waals surface area contributed by atoms with Crippen molar-refractivity contribution < 1.29 is 4.39 Å². The molecule has 0 spiro atoms. The molecule has 0 unspecified atom stereocenters. The van der Waals surface area contributed by atoms with Crippen molar-refractivity contribution in [1.29, 1.82) is 0 Å². The van der Waals surface area contributed by atoms with Crippen LogP contribution >= 0.6 is 0 Å². The zero-order valence-corrected chi connectivity index (χ0v) is 11.0. The van der Waals surface area contributed by atoms with Crippen LogP contribution < -0.4 is 11.1 Å². The van der Waals surface area contributed by atoms with Crippen molar-refractivity contribution in [3.63, 3.8) is 0 Å². The molecular formula is C14H23FN2. The van der Waals surface area contributed by atoms with Crippen LogP contribution in [0.1, 0.15) is 25.0 Å². The van der Waals surface area contributed by atoms with Gasteiger partial charge in [0.1, 0.15) is 5.82 Å². The van der Waals surface area contributed by atoms with E-state index < -0.39 is 0 Å². The van der Waals surface area contributed by atoms with E-state index in [2.05, 4.69) is 19.2 Å². The lowest BCUT2D eigenvalue weighted by Crippen LogP contribution is -2.36. The van der Waals surface area contributed by atoms with Gasteiger partial charge in [-0.25, -0.2) is 4.39 Å². The van der Waals surface area contributed by atoms with Crippen LogP contribution in [0.25, 0.3) is 0 Å². The van der Waals surface area contributed by atoms with Gasteiger partial charge < -0.3 is 11.1 Å². The van der Waals surface area contributed by atoms with Crippen molar-refractivity contribution in [2.75, 3.05) is 19.6 Å². The van der Waals surface area contributed by atoms with E-state index in [1.165, 1.54) is 11.6 Å². The van der Waals surface area contributed by atoms with Gasteiger partial charge in [0.05, 0.1) is 0 Å². The molecule has 0 saturated carbocycles. The van der Waals surface area contributed by atoms with Crippen molar-refractivity contribution >= 4 is 0 Å². The van der Waals surface area contributed by atoms with E-state index in [0.717, 1.165) is 19.5 Å². The van der Waals surface area contributed by atoms with Gasteiger partial charge in [0.15, 0.2) is 0 Å². The van der Waals surface area contributed by atoms with Crippen molar-refractivity contribution in [3.8, 4) is 0 Å². The maximum atomic E-state index is 13.1. The highest BCUT2D eigenvalue weighted by molar-refractivity contribution is 5.24. The molecule has 1 rings (SSSR count). The number of nitrogens with two attached hydrogens (primary N) is 1. The summed E-state index contributed by atoms with van der Waals surface area (Å²) in [6, 6.07) is 5.29. The molecule has 0 radical (unpaired) electrons. The van der Waals surface area contributed by atoms with Gasteiger partial charge in [-0.2, -0.15) is 0 Å². The van der Waals surface area contributed by atoms with Gasteiger partial charge in [0.25, 0.3) is 0 Å². The largest absolute Gasteiger partial charge is 0.330 e. The topological polar surface area (TPSA) is 38.0 Å². The highest BCUT2D eigenvalue weighted by Crippen LogP contribution is 2.11. The minimum absolute atomic E-state index is 0.133. The van der Waals surface area contributed by atoms with E-state index in [0.29, 0.717) is 12.1 Å². The Morgan fingerprint density at radius 2 is 2.06 bits per heavy atom. The van der Waals surface area contributed by atoms with Crippen LogP contribution in [0.5, 0.6) is 0 Å². The Kier molecular flexibility index (Phi) is 5.09. The molecule has 0 atom stereocenters. The van der Waals surface area contributed by atoms with Crippen molar-refractivity contribution in [1.82, 2.24) is 5.32 Å². The molecule has 0 amide bonds. The first-order valence-electron chi connectivity index (χ1n) is 6.10. The number of halogens is 1. The van der Waals surface area contributed by atoms with Gasteiger partial charge in [-0.1, -0.05) is 26.0 Å². The lowest BCUT2D eigenvalue weighted by atomic mass is 9.94. The minimum atomic E-state index is -0.133. The van der Waals surface area contributed by atoms with Gasteiger partial charge in [-0.05, 0) is 49.0 Å². The fourth-order valence-corrected chi connectivity index (χ4v) is 1.59. The molecule has 0 fully saturated rings. The van der Waals surface area contributed by atoms with E-state index in [4.69, 9.17) is 5.73 Å².